The van der Waals surface area contributed by atoms with Crippen LogP contribution in [0.4, 0.5) is 5.00 Å². The number of amides is 2. The normalized spacial score (nSPS) is 23.6. The van der Waals surface area contributed by atoms with Crippen LogP contribution < -0.4 is 10.6 Å². The minimum atomic E-state index is -0.467. The first-order valence-corrected chi connectivity index (χ1v) is 11.8. The molecule has 0 bridgehead atoms. The van der Waals surface area contributed by atoms with Crippen molar-refractivity contribution in [2.75, 3.05) is 49.7 Å². The van der Waals surface area contributed by atoms with Crippen molar-refractivity contribution in [3.05, 3.63) is 16.5 Å². The second kappa shape index (κ2) is 8.73. The van der Waals surface area contributed by atoms with Gasteiger partial charge in [-0.15, -0.1) is 11.3 Å². The number of aryl methyl sites for hydroxylation is 1. The molecule has 156 valence electrons. The maximum atomic E-state index is 12.9. The smallest absolute Gasteiger partial charge is 0.261 e. The van der Waals surface area contributed by atoms with E-state index in [0.29, 0.717) is 11.4 Å². The predicted octanol–water partition coefficient (Wildman–Crippen LogP) is 2.98. The van der Waals surface area contributed by atoms with Gasteiger partial charge in [-0.05, 0) is 30.7 Å². The zero-order valence-electron chi connectivity index (χ0n) is 17.2. The number of hydrogen-bond acceptors (Lipinski definition) is 6. The Morgan fingerprint density at radius 1 is 1.29 bits per heavy atom. The summed E-state index contributed by atoms with van der Waals surface area (Å²) < 4.78 is 5.50. The van der Waals surface area contributed by atoms with Gasteiger partial charge in [0.1, 0.15) is 0 Å². The third-order valence-electron chi connectivity index (χ3n) is 5.38. The van der Waals surface area contributed by atoms with Crippen molar-refractivity contribution in [2.24, 2.45) is 5.41 Å². The van der Waals surface area contributed by atoms with Crippen LogP contribution in [0.15, 0.2) is 6.07 Å². The predicted molar refractivity (Wildman–Crippen MR) is 117 cm³/mol. The number of nitrogens with zero attached hydrogens (tertiary/aromatic N) is 1. The highest BCUT2D eigenvalue weighted by atomic mass is 32.2. The highest BCUT2D eigenvalue weighted by Gasteiger charge is 2.41. The third kappa shape index (κ3) is 4.90. The minimum Gasteiger partial charge on any atom is -0.379 e. The molecule has 0 aromatic carbocycles. The van der Waals surface area contributed by atoms with Gasteiger partial charge in [-0.1, -0.05) is 20.8 Å². The Labute approximate surface area is 175 Å². The molecule has 1 aromatic heterocycles. The number of thiophene rings is 1. The van der Waals surface area contributed by atoms with E-state index in [1.165, 1.54) is 11.3 Å². The van der Waals surface area contributed by atoms with E-state index in [0.717, 1.165) is 54.8 Å². The van der Waals surface area contributed by atoms with E-state index in [1.807, 2.05) is 45.5 Å². The molecule has 1 unspecified atom stereocenters. The molecule has 0 spiro atoms. The van der Waals surface area contributed by atoms with Gasteiger partial charge in [0.05, 0.1) is 23.1 Å². The number of nitrogens with one attached hydrogen (secondary N) is 2. The van der Waals surface area contributed by atoms with Crippen LogP contribution in [-0.2, 0) is 9.53 Å². The summed E-state index contributed by atoms with van der Waals surface area (Å²) in [6.07, 6.45) is 1.09. The molecule has 1 atom stereocenters. The Balaban J connectivity index is 1.65. The van der Waals surface area contributed by atoms with Gasteiger partial charge < -0.3 is 15.4 Å². The van der Waals surface area contributed by atoms with Gasteiger partial charge in [-0.2, -0.15) is 11.8 Å². The summed E-state index contributed by atoms with van der Waals surface area (Å²) in [6.45, 7) is 11.6. The van der Waals surface area contributed by atoms with Gasteiger partial charge >= 0.3 is 0 Å². The highest BCUT2D eigenvalue weighted by molar-refractivity contribution is 7.99. The first-order valence-electron chi connectivity index (χ1n) is 9.82. The maximum absolute atomic E-state index is 12.9. The Kier molecular flexibility index (Phi) is 6.74. The van der Waals surface area contributed by atoms with Crippen LogP contribution >= 0.6 is 23.1 Å². The van der Waals surface area contributed by atoms with Gasteiger partial charge in [-0.3, -0.25) is 14.5 Å². The summed E-state index contributed by atoms with van der Waals surface area (Å²) in [7, 11) is 0. The molecule has 28 heavy (non-hydrogen) atoms. The third-order valence-corrected chi connectivity index (χ3v) is 7.77. The summed E-state index contributed by atoms with van der Waals surface area (Å²) >= 11 is 3.31. The molecule has 0 aliphatic carbocycles. The van der Waals surface area contributed by atoms with Crippen molar-refractivity contribution in [1.29, 1.82) is 0 Å². The van der Waals surface area contributed by atoms with Crippen LogP contribution in [0.1, 0.15) is 42.4 Å². The molecule has 3 rings (SSSR count). The zero-order valence-corrected chi connectivity index (χ0v) is 18.9. The second-order valence-electron chi connectivity index (χ2n) is 8.64. The fraction of sp³-hybridized carbons (Fsp3) is 0.700. The summed E-state index contributed by atoms with van der Waals surface area (Å²) in [6, 6.07) is 1.88. The van der Waals surface area contributed by atoms with Gasteiger partial charge in [0.2, 0.25) is 5.91 Å². The number of rotatable bonds is 5. The van der Waals surface area contributed by atoms with Gasteiger partial charge in [0.25, 0.3) is 5.91 Å². The number of morpholine rings is 1. The van der Waals surface area contributed by atoms with Crippen LogP contribution in [0, 0.1) is 12.3 Å². The summed E-state index contributed by atoms with van der Waals surface area (Å²) in [5, 5.41) is 6.83. The summed E-state index contributed by atoms with van der Waals surface area (Å²) in [5.41, 5.74) is 0.455. The number of anilines is 1. The molecule has 2 aliphatic heterocycles. The lowest BCUT2D eigenvalue weighted by Crippen LogP contribution is -2.59. The second-order valence-corrected chi connectivity index (χ2v) is 10.8. The first kappa shape index (κ1) is 21.6. The van der Waals surface area contributed by atoms with E-state index in [4.69, 9.17) is 4.74 Å². The van der Waals surface area contributed by atoms with Crippen LogP contribution in [0.25, 0.3) is 0 Å². The first-order chi connectivity index (χ1) is 13.2. The average molecular weight is 426 g/mol. The minimum absolute atomic E-state index is 0.0263. The zero-order chi connectivity index (χ0) is 20.4. The quantitative estimate of drug-likeness (QED) is 0.759. The van der Waals surface area contributed by atoms with E-state index in [2.05, 4.69) is 15.5 Å². The number of ether oxygens (including phenoxy) is 1. The Hall–Kier alpha value is -1.09. The van der Waals surface area contributed by atoms with Crippen molar-refractivity contribution in [3.63, 3.8) is 0 Å². The van der Waals surface area contributed by atoms with E-state index >= 15 is 0 Å². The topological polar surface area (TPSA) is 70.7 Å². The number of carbonyl (C=O) groups excluding carboxylic acids is 2. The van der Waals surface area contributed by atoms with Crippen molar-refractivity contribution in [3.8, 4) is 0 Å². The van der Waals surface area contributed by atoms with E-state index < -0.39 is 5.41 Å². The van der Waals surface area contributed by atoms with Gasteiger partial charge in [0.15, 0.2) is 0 Å². The van der Waals surface area contributed by atoms with Crippen molar-refractivity contribution >= 4 is 39.9 Å². The molecule has 2 fully saturated rings. The van der Waals surface area contributed by atoms with Crippen molar-refractivity contribution in [1.82, 2.24) is 10.2 Å². The fourth-order valence-corrected chi connectivity index (χ4v) is 5.99. The molecule has 2 N–H and O–H groups in total. The summed E-state index contributed by atoms with van der Waals surface area (Å²) in [5.74, 6) is 2.08. The lowest BCUT2D eigenvalue weighted by molar-refractivity contribution is -0.123. The standard InChI is InChI=1S/C20H31N3O3S2/c1-14-11-15(22-18(25)19(2,3)4)28-16(14)17(24)21-12-20(5-10-27-13-20)23-6-8-26-9-7-23/h11H,5-10,12-13H2,1-4H3,(H,21,24)(H,22,25). The molecule has 3 heterocycles. The van der Waals surface area contributed by atoms with Gasteiger partial charge in [0, 0.05) is 36.3 Å². The monoisotopic (exact) mass is 425 g/mol. The molecule has 2 saturated heterocycles. The molecule has 8 heteroatoms. The van der Waals surface area contributed by atoms with Crippen molar-refractivity contribution in [2.45, 2.75) is 39.7 Å². The molecule has 0 saturated carbocycles. The number of thioether (sulfide) groups is 1. The largest absolute Gasteiger partial charge is 0.379 e. The molecule has 6 nitrogen and oxygen atoms in total. The maximum Gasteiger partial charge on any atom is 0.261 e. The average Bonchev–Trinajstić information content (AvgIpc) is 3.27. The number of carbonyl (C=O) groups is 2. The highest BCUT2D eigenvalue weighted by Crippen LogP contribution is 2.34. The van der Waals surface area contributed by atoms with Crippen LogP contribution in [0.3, 0.4) is 0 Å². The fourth-order valence-electron chi connectivity index (χ4n) is 3.53. The van der Waals surface area contributed by atoms with E-state index in [-0.39, 0.29) is 17.4 Å². The lowest BCUT2D eigenvalue weighted by atomic mass is 9.95. The van der Waals surface area contributed by atoms with Crippen LogP contribution in [-0.4, -0.2) is 66.6 Å². The summed E-state index contributed by atoms with van der Waals surface area (Å²) in [4.78, 5) is 28.3. The van der Waals surface area contributed by atoms with Crippen molar-refractivity contribution < 1.29 is 14.3 Å². The molecule has 2 amide bonds. The molecular formula is C20H31N3O3S2. The molecular weight excluding hydrogens is 394 g/mol. The van der Waals surface area contributed by atoms with Crippen LogP contribution in [0.2, 0.25) is 0 Å². The molecule has 2 aliphatic rings. The Bertz CT molecular complexity index is 715. The Morgan fingerprint density at radius 2 is 2.00 bits per heavy atom. The van der Waals surface area contributed by atoms with E-state index in [1.54, 1.807) is 0 Å². The number of hydrogen-bond donors (Lipinski definition) is 2. The SMILES string of the molecule is Cc1cc(NC(=O)C(C)(C)C)sc1C(=O)NCC1(N2CCOCC2)CCSC1. The molecule has 0 radical (unpaired) electrons. The molecule has 1 aromatic rings. The van der Waals surface area contributed by atoms with Gasteiger partial charge in [-0.25, -0.2) is 0 Å². The lowest BCUT2D eigenvalue weighted by Gasteiger charge is -2.43. The van der Waals surface area contributed by atoms with Crippen LogP contribution in [0.5, 0.6) is 0 Å². The van der Waals surface area contributed by atoms with E-state index in [9.17, 15) is 9.59 Å². The Morgan fingerprint density at radius 3 is 2.61 bits per heavy atom.